The number of amides is 1. The van der Waals surface area contributed by atoms with Crippen molar-refractivity contribution < 1.29 is 9.18 Å². The van der Waals surface area contributed by atoms with Gasteiger partial charge in [0.2, 0.25) is 5.91 Å². The molecule has 1 rings (SSSR count). The molecule has 0 aromatic heterocycles. The van der Waals surface area contributed by atoms with Crippen LogP contribution in [0, 0.1) is 5.82 Å². The van der Waals surface area contributed by atoms with Crippen molar-refractivity contribution >= 4 is 23.2 Å². The number of carbonyl (C=O) groups is 1. The Morgan fingerprint density at radius 2 is 2.05 bits per heavy atom. The highest BCUT2D eigenvalue weighted by Crippen LogP contribution is 2.19. The van der Waals surface area contributed by atoms with E-state index in [1.165, 1.54) is 12.1 Å². The van der Waals surface area contributed by atoms with E-state index in [-0.39, 0.29) is 30.5 Å². The van der Waals surface area contributed by atoms with E-state index in [2.05, 4.69) is 10.6 Å². The summed E-state index contributed by atoms with van der Waals surface area (Å²) in [6.07, 6.45) is 0.210. The molecule has 0 saturated heterocycles. The summed E-state index contributed by atoms with van der Waals surface area (Å²) in [7, 11) is 0. The number of carbonyl (C=O) groups excluding carboxylic acids is 1. The highest BCUT2D eigenvalue weighted by Gasteiger charge is 2.17. The van der Waals surface area contributed by atoms with Crippen molar-refractivity contribution in [1.29, 1.82) is 0 Å². The molecule has 1 unspecified atom stereocenters. The molecule has 0 aliphatic rings. The zero-order valence-corrected chi connectivity index (χ0v) is 12.7. The summed E-state index contributed by atoms with van der Waals surface area (Å²) in [6.45, 7) is 5.97. The molecule has 0 aliphatic carbocycles. The number of nitrogens with one attached hydrogen (secondary N) is 2. The van der Waals surface area contributed by atoms with Crippen LogP contribution in [-0.4, -0.2) is 24.0 Å². The molecular formula is C14H21ClFN3O. The van der Waals surface area contributed by atoms with Gasteiger partial charge in [0, 0.05) is 35.3 Å². The van der Waals surface area contributed by atoms with Crippen molar-refractivity contribution in [2.24, 2.45) is 5.73 Å². The average Bonchev–Trinajstić information content (AvgIpc) is 2.23. The summed E-state index contributed by atoms with van der Waals surface area (Å²) in [5.41, 5.74) is 5.85. The van der Waals surface area contributed by atoms with Crippen LogP contribution in [0.5, 0.6) is 0 Å². The molecule has 4 N–H and O–H groups in total. The Labute approximate surface area is 123 Å². The quantitative estimate of drug-likeness (QED) is 0.783. The third-order valence-corrected chi connectivity index (χ3v) is 2.68. The number of hydrogen-bond donors (Lipinski definition) is 3. The van der Waals surface area contributed by atoms with E-state index in [0.717, 1.165) is 0 Å². The van der Waals surface area contributed by atoms with Gasteiger partial charge in [0.15, 0.2) is 0 Å². The molecule has 0 fully saturated rings. The summed E-state index contributed by atoms with van der Waals surface area (Å²) in [5, 5.41) is 6.17. The molecule has 6 heteroatoms. The van der Waals surface area contributed by atoms with E-state index in [9.17, 15) is 9.18 Å². The van der Waals surface area contributed by atoms with Gasteiger partial charge in [-0.1, -0.05) is 11.6 Å². The maximum atomic E-state index is 13.2. The Bertz CT molecular complexity index is 454. The number of nitrogens with two attached hydrogens (primary N) is 1. The van der Waals surface area contributed by atoms with Gasteiger partial charge in [-0.25, -0.2) is 4.39 Å². The van der Waals surface area contributed by atoms with Crippen molar-refractivity contribution in [3.05, 3.63) is 29.0 Å². The highest BCUT2D eigenvalue weighted by atomic mass is 35.5. The third-order valence-electron chi connectivity index (χ3n) is 2.46. The zero-order valence-electron chi connectivity index (χ0n) is 12.0. The van der Waals surface area contributed by atoms with E-state index < -0.39 is 5.82 Å². The normalized spacial score (nSPS) is 12.9. The molecule has 0 radical (unpaired) electrons. The lowest BCUT2D eigenvalue weighted by molar-refractivity contribution is -0.122. The van der Waals surface area contributed by atoms with Gasteiger partial charge in [0.1, 0.15) is 5.82 Å². The maximum absolute atomic E-state index is 13.2. The summed E-state index contributed by atoms with van der Waals surface area (Å²) < 4.78 is 13.2. The first kappa shape index (κ1) is 16.7. The average molecular weight is 302 g/mol. The number of halogens is 2. The van der Waals surface area contributed by atoms with Crippen LogP contribution in [0.15, 0.2) is 18.2 Å². The lowest BCUT2D eigenvalue weighted by atomic mass is 10.1. The molecule has 4 nitrogen and oxygen atoms in total. The van der Waals surface area contributed by atoms with E-state index in [4.69, 9.17) is 17.3 Å². The SMILES string of the molecule is CC(C)(C)NC(=O)CC(CN)Nc1cc(F)cc(Cl)c1. The fourth-order valence-electron chi connectivity index (χ4n) is 1.76. The second-order valence-electron chi connectivity index (χ2n) is 5.74. The van der Waals surface area contributed by atoms with E-state index in [1.807, 2.05) is 20.8 Å². The molecule has 112 valence electrons. The maximum Gasteiger partial charge on any atom is 0.222 e. The van der Waals surface area contributed by atoms with Gasteiger partial charge in [0.25, 0.3) is 0 Å². The van der Waals surface area contributed by atoms with Crippen LogP contribution in [-0.2, 0) is 4.79 Å². The monoisotopic (exact) mass is 301 g/mol. The number of benzene rings is 1. The standard InChI is InChI=1S/C14H21ClFN3O/c1-14(2,3)19-13(20)7-12(8-17)18-11-5-9(15)4-10(16)6-11/h4-6,12,18H,7-8,17H2,1-3H3,(H,19,20). The van der Waals surface area contributed by atoms with Crippen molar-refractivity contribution in [2.75, 3.05) is 11.9 Å². The van der Waals surface area contributed by atoms with Crippen LogP contribution in [0.1, 0.15) is 27.2 Å². The van der Waals surface area contributed by atoms with Crippen LogP contribution in [0.2, 0.25) is 5.02 Å². The molecule has 1 aromatic carbocycles. The minimum atomic E-state index is -0.435. The molecule has 0 spiro atoms. The Hall–Kier alpha value is -1.33. The minimum absolute atomic E-state index is 0.108. The summed E-state index contributed by atoms with van der Waals surface area (Å²) in [6, 6.07) is 3.84. The molecular weight excluding hydrogens is 281 g/mol. The fourth-order valence-corrected chi connectivity index (χ4v) is 1.98. The fraction of sp³-hybridized carbons (Fsp3) is 0.500. The topological polar surface area (TPSA) is 67.2 Å². The van der Waals surface area contributed by atoms with Crippen LogP contribution >= 0.6 is 11.6 Å². The second kappa shape index (κ2) is 6.90. The van der Waals surface area contributed by atoms with Crippen LogP contribution in [0.25, 0.3) is 0 Å². The molecule has 0 aliphatic heterocycles. The molecule has 1 amide bonds. The Morgan fingerprint density at radius 3 is 2.55 bits per heavy atom. The van der Waals surface area contributed by atoms with Crippen LogP contribution < -0.4 is 16.4 Å². The van der Waals surface area contributed by atoms with Gasteiger partial charge >= 0.3 is 0 Å². The van der Waals surface area contributed by atoms with Crippen LogP contribution in [0.3, 0.4) is 0 Å². The van der Waals surface area contributed by atoms with Gasteiger partial charge in [-0.3, -0.25) is 4.79 Å². The van der Waals surface area contributed by atoms with E-state index >= 15 is 0 Å². The molecule has 1 aromatic rings. The van der Waals surface area contributed by atoms with Crippen molar-refractivity contribution in [2.45, 2.75) is 38.8 Å². The van der Waals surface area contributed by atoms with Gasteiger partial charge in [-0.05, 0) is 39.0 Å². The number of rotatable bonds is 5. The van der Waals surface area contributed by atoms with Crippen molar-refractivity contribution in [3.63, 3.8) is 0 Å². The first-order valence-electron chi connectivity index (χ1n) is 6.43. The molecule has 20 heavy (non-hydrogen) atoms. The smallest absolute Gasteiger partial charge is 0.222 e. The predicted molar refractivity (Wildman–Crippen MR) is 80.4 cm³/mol. The zero-order chi connectivity index (χ0) is 15.3. The first-order chi connectivity index (χ1) is 9.19. The van der Waals surface area contributed by atoms with Gasteiger partial charge < -0.3 is 16.4 Å². The van der Waals surface area contributed by atoms with Crippen molar-refractivity contribution in [3.8, 4) is 0 Å². The van der Waals surface area contributed by atoms with Crippen LogP contribution in [0.4, 0.5) is 10.1 Å². The Kier molecular flexibility index (Phi) is 5.77. The van der Waals surface area contributed by atoms with Gasteiger partial charge in [0.05, 0.1) is 0 Å². The first-order valence-corrected chi connectivity index (χ1v) is 6.81. The summed E-state index contributed by atoms with van der Waals surface area (Å²) >= 11 is 5.78. The highest BCUT2D eigenvalue weighted by molar-refractivity contribution is 6.30. The van der Waals surface area contributed by atoms with Gasteiger partial charge in [-0.2, -0.15) is 0 Å². The third kappa shape index (κ3) is 6.21. The molecule has 0 saturated carbocycles. The van der Waals surface area contributed by atoms with E-state index in [1.54, 1.807) is 6.07 Å². The number of anilines is 1. The molecule has 0 bridgehead atoms. The lowest BCUT2D eigenvalue weighted by Crippen LogP contribution is -2.44. The number of hydrogen-bond acceptors (Lipinski definition) is 3. The summed E-state index contributed by atoms with van der Waals surface area (Å²) in [4.78, 5) is 11.8. The Morgan fingerprint density at radius 1 is 1.40 bits per heavy atom. The molecule has 1 atom stereocenters. The predicted octanol–water partition coefficient (Wildman–Crippen LogP) is 2.52. The minimum Gasteiger partial charge on any atom is -0.380 e. The Balaban J connectivity index is 2.65. The summed E-state index contributed by atoms with van der Waals surface area (Å²) in [5.74, 6) is -0.544. The molecule has 0 heterocycles. The second-order valence-corrected chi connectivity index (χ2v) is 6.17. The van der Waals surface area contributed by atoms with E-state index in [0.29, 0.717) is 10.7 Å². The lowest BCUT2D eigenvalue weighted by Gasteiger charge is -2.23. The van der Waals surface area contributed by atoms with Gasteiger partial charge in [-0.15, -0.1) is 0 Å². The largest absolute Gasteiger partial charge is 0.380 e. The van der Waals surface area contributed by atoms with Crippen molar-refractivity contribution in [1.82, 2.24) is 5.32 Å².